The zero-order valence-corrected chi connectivity index (χ0v) is 16.0. The molecule has 148 valence electrons. The Kier molecular flexibility index (Phi) is 6.03. The largest absolute Gasteiger partial charge is 0.495 e. The second-order valence-electron chi connectivity index (χ2n) is 6.25. The van der Waals surface area contributed by atoms with Crippen LogP contribution >= 0.6 is 0 Å². The highest BCUT2D eigenvalue weighted by Gasteiger charge is 2.14. The molecule has 3 aromatic rings. The molecule has 2 amide bonds. The van der Waals surface area contributed by atoms with Crippen molar-refractivity contribution in [2.24, 2.45) is 0 Å². The molecule has 8 nitrogen and oxygen atoms in total. The van der Waals surface area contributed by atoms with Crippen molar-refractivity contribution in [3.63, 3.8) is 0 Å². The maximum absolute atomic E-state index is 12.7. The quantitative estimate of drug-likeness (QED) is 0.671. The Bertz CT molecular complexity index is 1090. The van der Waals surface area contributed by atoms with E-state index in [4.69, 9.17) is 4.74 Å². The maximum atomic E-state index is 12.7. The highest BCUT2D eigenvalue weighted by molar-refractivity contribution is 6.04. The van der Waals surface area contributed by atoms with Gasteiger partial charge in [-0.1, -0.05) is 30.3 Å². The van der Waals surface area contributed by atoms with Crippen molar-refractivity contribution in [3.05, 3.63) is 82.3 Å². The minimum absolute atomic E-state index is 0.0764. The van der Waals surface area contributed by atoms with Gasteiger partial charge in [-0.2, -0.15) is 5.10 Å². The summed E-state index contributed by atoms with van der Waals surface area (Å²) in [5.41, 5.74) is 1.54. The van der Waals surface area contributed by atoms with Gasteiger partial charge in [0.05, 0.1) is 19.3 Å². The zero-order valence-electron chi connectivity index (χ0n) is 16.0. The van der Waals surface area contributed by atoms with E-state index in [9.17, 15) is 14.4 Å². The third-order valence-corrected chi connectivity index (χ3v) is 4.04. The number of rotatable bonds is 6. The van der Waals surface area contributed by atoms with E-state index >= 15 is 0 Å². The van der Waals surface area contributed by atoms with Crippen molar-refractivity contribution in [2.75, 3.05) is 17.7 Å². The van der Waals surface area contributed by atoms with Crippen LogP contribution < -0.4 is 20.9 Å². The summed E-state index contributed by atoms with van der Waals surface area (Å²) in [5, 5.41) is 9.53. The molecular formula is C21H20N4O4. The number of nitrogens with zero attached hydrogens (tertiary/aromatic N) is 2. The fourth-order valence-electron chi connectivity index (χ4n) is 2.71. The van der Waals surface area contributed by atoms with Crippen molar-refractivity contribution in [3.8, 4) is 5.75 Å². The van der Waals surface area contributed by atoms with E-state index in [-0.39, 0.29) is 23.7 Å². The number of benzene rings is 2. The Labute approximate surface area is 167 Å². The normalized spacial score (nSPS) is 10.3. The van der Waals surface area contributed by atoms with Crippen LogP contribution in [-0.4, -0.2) is 28.7 Å². The third-order valence-electron chi connectivity index (χ3n) is 4.04. The minimum atomic E-state index is -0.509. The van der Waals surface area contributed by atoms with Crippen LogP contribution in [0.4, 0.5) is 11.4 Å². The number of hydrogen-bond donors (Lipinski definition) is 2. The van der Waals surface area contributed by atoms with E-state index < -0.39 is 5.91 Å². The first-order chi connectivity index (χ1) is 14.0. The second-order valence-corrected chi connectivity index (χ2v) is 6.25. The van der Waals surface area contributed by atoms with Crippen molar-refractivity contribution >= 4 is 23.2 Å². The van der Waals surface area contributed by atoms with Crippen LogP contribution in [0.1, 0.15) is 23.0 Å². The molecule has 0 fully saturated rings. The molecule has 1 aromatic heterocycles. The zero-order chi connectivity index (χ0) is 20.8. The Morgan fingerprint density at radius 2 is 1.79 bits per heavy atom. The summed E-state index contributed by atoms with van der Waals surface area (Å²) in [5.74, 6) is -0.322. The van der Waals surface area contributed by atoms with E-state index in [0.717, 1.165) is 5.56 Å². The van der Waals surface area contributed by atoms with E-state index in [1.807, 2.05) is 30.3 Å². The molecule has 8 heteroatoms. The molecule has 29 heavy (non-hydrogen) atoms. The van der Waals surface area contributed by atoms with Gasteiger partial charge in [0.25, 0.3) is 11.5 Å². The Morgan fingerprint density at radius 3 is 2.48 bits per heavy atom. The van der Waals surface area contributed by atoms with Crippen LogP contribution in [0.25, 0.3) is 0 Å². The number of carbonyl (C=O) groups excluding carboxylic acids is 2. The minimum Gasteiger partial charge on any atom is -0.495 e. The van der Waals surface area contributed by atoms with Gasteiger partial charge in [0.2, 0.25) is 5.91 Å². The molecule has 0 unspecified atom stereocenters. The number of amides is 2. The number of methoxy groups -OCH3 is 1. The van der Waals surface area contributed by atoms with E-state index in [1.165, 1.54) is 30.8 Å². The van der Waals surface area contributed by atoms with Crippen LogP contribution in [-0.2, 0) is 11.3 Å². The second kappa shape index (κ2) is 8.83. The average molecular weight is 392 g/mol. The molecule has 0 radical (unpaired) electrons. The molecule has 0 saturated heterocycles. The first-order valence-corrected chi connectivity index (χ1v) is 8.85. The number of nitrogens with one attached hydrogen (secondary N) is 2. The highest BCUT2D eigenvalue weighted by Crippen LogP contribution is 2.28. The lowest BCUT2D eigenvalue weighted by Crippen LogP contribution is -2.26. The first kappa shape index (κ1) is 19.8. The predicted octanol–water partition coefficient (Wildman–Crippen LogP) is 2.51. The highest BCUT2D eigenvalue weighted by atomic mass is 16.5. The fourth-order valence-corrected chi connectivity index (χ4v) is 2.71. The molecule has 0 aliphatic rings. The summed E-state index contributed by atoms with van der Waals surface area (Å²) in [6, 6.07) is 16.9. The molecule has 0 saturated carbocycles. The van der Waals surface area contributed by atoms with Crippen LogP contribution in [0.15, 0.2) is 65.5 Å². The standard InChI is InChI=1S/C21H20N4O4/c1-14(26)22-16-8-10-19(29-2)18(12-16)23-21(28)17-9-11-20(27)25(24-17)13-15-6-4-3-5-7-15/h3-12H,13H2,1-2H3,(H,22,26)(H,23,28). The van der Waals surface area contributed by atoms with Gasteiger partial charge in [-0.3, -0.25) is 14.4 Å². The lowest BCUT2D eigenvalue weighted by atomic mass is 10.2. The van der Waals surface area contributed by atoms with Gasteiger partial charge in [0, 0.05) is 18.7 Å². The topological polar surface area (TPSA) is 102 Å². The van der Waals surface area contributed by atoms with Gasteiger partial charge in [-0.05, 0) is 29.8 Å². The molecule has 0 spiro atoms. The summed E-state index contributed by atoms with van der Waals surface area (Å²) >= 11 is 0. The lowest BCUT2D eigenvalue weighted by Gasteiger charge is -2.13. The molecule has 3 rings (SSSR count). The summed E-state index contributed by atoms with van der Waals surface area (Å²) in [4.78, 5) is 36.1. The number of carbonyl (C=O) groups is 2. The van der Waals surface area contributed by atoms with Gasteiger partial charge in [0.15, 0.2) is 0 Å². The molecular weight excluding hydrogens is 372 g/mol. The van der Waals surface area contributed by atoms with Gasteiger partial charge < -0.3 is 15.4 Å². The Hall–Kier alpha value is -3.94. The van der Waals surface area contributed by atoms with Crippen LogP contribution in [0, 0.1) is 0 Å². The molecule has 0 aliphatic carbocycles. The van der Waals surface area contributed by atoms with Crippen LogP contribution in [0.3, 0.4) is 0 Å². The Morgan fingerprint density at radius 1 is 1.03 bits per heavy atom. The number of ether oxygens (including phenoxy) is 1. The summed E-state index contributed by atoms with van der Waals surface area (Å²) in [6.07, 6.45) is 0. The summed E-state index contributed by atoms with van der Waals surface area (Å²) < 4.78 is 6.49. The fraction of sp³-hybridized carbons (Fsp3) is 0.143. The van der Waals surface area contributed by atoms with E-state index in [0.29, 0.717) is 17.1 Å². The van der Waals surface area contributed by atoms with Crippen molar-refractivity contribution in [1.82, 2.24) is 9.78 Å². The van der Waals surface area contributed by atoms with Gasteiger partial charge in [0.1, 0.15) is 11.4 Å². The third kappa shape index (κ3) is 5.07. The van der Waals surface area contributed by atoms with Gasteiger partial charge in [-0.15, -0.1) is 0 Å². The molecule has 0 atom stereocenters. The molecule has 1 heterocycles. The SMILES string of the molecule is COc1ccc(NC(C)=O)cc1NC(=O)c1ccc(=O)n(Cc2ccccc2)n1. The number of hydrogen-bond acceptors (Lipinski definition) is 5. The smallest absolute Gasteiger partial charge is 0.276 e. The predicted molar refractivity (Wildman–Crippen MR) is 109 cm³/mol. The van der Waals surface area contributed by atoms with Crippen molar-refractivity contribution in [2.45, 2.75) is 13.5 Å². The number of anilines is 2. The van der Waals surface area contributed by atoms with Crippen molar-refractivity contribution in [1.29, 1.82) is 0 Å². The lowest BCUT2D eigenvalue weighted by molar-refractivity contribution is -0.114. The number of aromatic nitrogens is 2. The van der Waals surface area contributed by atoms with Crippen LogP contribution in [0.2, 0.25) is 0 Å². The maximum Gasteiger partial charge on any atom is 0.276 e. The monoisotopic (exact) mass is 392 g/mol. The van der Waals surface area contributed by atoms with Crippen LogP contribution in [0.5, 0.6) is 5.75 Å². The van der Waals surface area contributed by atoms with E-state index in [2.05, 4.69) is 15.7 Å². The van der Waals surface area contributed by atoms with E-state index in [1.54, 1.807) is 18.2 Å². The van der Waals surface area contributed by atoms with Crippen molar-refractivity contribution < 1.29 is 14.3 Å². The van der Waals surface area contributed by atoms with Gasteiger partial charge >= 0.3 is 0 Å². The molecule has 2 aromatic carbocycles. The Balaban J connectivity index is 1.85. The summed E-state index contributed by atoms with van der Waals surface area (Å²) in [6.45, 7) is 1.64. The molecule has 2 N–H and O–H groups in total. The summed E-state index contributed by atoms with van der Waals surface area (Å²) in [7, 11) is 1.47. The molecule has 0 bridgehead atoms. The molecule has 0 aliphatic heterocycles. The first-order valence-electron chi connectivity index (χ1n) is 8.85. The average Bonchev–Trinajstić information content (AvgIpc) is 2.70. The van der Waals surface area contributed by atoms with Gasteiger partial charge in [-0.25, -0.2) is 4.68 Å².